The van der Waals surface area contributed by atoms with E-state index in [1.54, 1.807) is 54.9 Å². The van der Waals surface area contributed by atoms with Gasteiger partial charge in [0.1, 0.15) is 0 Å². The fourth-order valence-corrected chi connectivity index (χ4v) is 4.63. The minimum absolute atomic E-state index is 0.00851. The van der Waals surface area contributed by atoms with Crippen molar-refractivity contribution in [3.8, 4) is 0 Å². The maximum absolute atomic E-state index is 12.9. The summed E-state index contributed by atoms with van der Waals surface area (Å²) in [6.45, 7) is 0.00851. The molecule has 0 saturated carbocycles. The first-order chi connectivity index (χ1) is 18.4. The Kier molecular flexibility index (Phi) is 7.07. The van der Waals surface area contributed by atoms with Crippen LogP contribution >= 0.6 is 12.2 Å². The van der Waals surface area contributed by atoms with E-state index in [4.69, 9.17) is 12.2 Å². The van der Waals surface area contributed by atoms with Crippen molar-refractivity contribution in [1.29, 1.82) is 0 Å². The number of carbonyl (C=O) groups is 3. The highest BCUT2D eigenvalue weighted by Gasteiger charge is 2.36. The lowest BCUT2D eigenvalue weighted by atomic mass is 10.1. The van der Waals surface area contributed by atoms with E-state index in [2.05, 4.69) is 15.7 Å². The summed E-state index contributed by atoms with van der Waals surface area (Å²) in [7, 11) is 0. The number of nitrogens with zero attached hydrogens (tertiary/aromatic N) is 3. The van der Waals surface area contributed by atoms with Crippen molar-refractivity contribution in [3.05, 3.63) is 119 Å². The Morgan fingerprint density at radius 3 is 2.34 bits per heavy atom. The Morgan fingerprint density at radius 1 is 0.947 bits per heavy atom. The first kappa shape index (κ1) is 25.0. The number of thiocarbonyl (C=S) groups is 1. The molecule has 1 atom stereocenters. The Hall–Kier alpha value is -4.67. The minimum atomic E-state index is -0.826. The molecule has 1 aliphatic heterocycles. The summed E-state index contributed by atoms with van der Waals surface area (Å²) in [6, 6.07) is 22.2. The number of hydroxylamine groups is 1. The zero-order valence-corrected chi connectivity index (χ0v) is 20.9. The van der Waals surface area contributed by atoms with Crippen LogP contribution in [0, 0.1) is 5.21 Å². The van der Waals surface area contributed by atoms with E-state index >= 15 is 0 Å². The highest BCUT2D eigenvalue weighted by atomic mass is 32.1. The van der Waals surface area contributed by atoms with Crippen molar-refractivity contribution in [2.45, 2.75) is 12.5 Å². The maximum atomic E-state index is 12.9. The third kappa shape index (κ3) is 5.22. The second-order valence-corrected chi connectivity index (χ2v) is 9.18. The van der Waals surface area contributed by atoms with Crippen molar-refractivity contribution < 1.29 is 14.4 Å². The Balaban J connectivity index is 1.29. The molecule has 3 amide bonds. The van der Waals surface area contributed by atoms with Gasteiger partial charge in [-0.2, -0.15) is 0 Å². The Labute approximate surface area is 223 Å². The maximum Gasteiger partial charge on any atom is 0.262 e. The number of carbonyl (C=O) groups excluding carboxylic acids is 3. The van der Waals surface area contributed by atoms with Gasteiger partial charge in [-0.05, 0) is 59.9 Å². The van der Waals surface area contributed by atoms with Crippen molar-refractivity contribution in [2.24, 2.45) is 0 Å². The molecule has 0 saturated heterocycles. The number of hydrazine groups is 1. The molecule has 1 aromatic heterocycles. The van der Waals surface area contributed by atoms with Gasteiger partial charge in [-0.3, -0.25) is 29.7 Å². The van der Waals surface area contributed by atoms with E-state index < -0.39 is 23.8 Å². The largest absolute Gasteiger partial charge is 0.736 e. The normalized spacial score (nSPS) is 13.2. The number of fused-ring (bicyclic) bond motifs is 2. The lowest BCUT2D eigenvalue weighted by Crippen LogP contribution is -2.53. The standard InChI is InChI=1S/C28H22N5O4S/c34-25(20-10-11-21-16-29-13-12-19(21)15-20)33(37)31-28(38)30-22(14-18-6-2-1-3-7-18)17-32-26(35)23-8-4-5-9-24(23)27(32)36/h1-13,15-16,22H,14,17H2,(H2,30,31,38)/q-1. The van der Waals surface area contributed by atoms with E-state index in [0.717, 1.165) is 21.2 Å². The van der Waals surface area contributed by atoms with Gasteiger partial charge in [0.15, 0.2) is 5.11 Å². The topological polar surface area (TPSA) is 118 Å². The quantitative estimate of drug-likeness (QED) is 0.224. The molecule has 190 valence electrons. The lowest BCUT2D eigenvalue weighted by Gasteiger charge is -2.32. The third-order valence-electron chi connectivity index (χ3n) is 6.22. The monoisotopic (exact) mass is 524 g/mol. The number of benzene rings is 3. The van der Waals surface area contributed by atoms with Gasteiger partial charge >= 0.3 is 0 Å². The fourth-order valence-electron chi connectivity index (χ4n) is 4.38. The predicted octanol–water partition coefficient (Wildman–Crippen LogP) is 3.46. The van der Waals surface area contributed by atoms with Gasteiger partial charge in [0.2, 0.25) is 0 Å². The van der Waals surface area contributed by atoms with Crippen LogP contribution in [-0.4, -0.2) is 50.5 Å². The highest BCUT2D eigenvalue weighted by Crippen LogP contribution is 2.23. The van der Waals surface area contributed by atoms with Gasteiger partial charge in [0, 0.05) is 29.9 Å². The molecule has 9 nitrogen and oxygen atoms in total. The van der Waals surface area contributed by atoms with Crippen LogP contribution < -0.4 is 10.7 Å². The van der Waals surface area contributed by atoms with Crippen molar-refractivity contribution in [1.82, 2.24) is 25.8 Å². The van der Waals surface area contributed by atoms with Crippen molar-refractivity contribution >= 4 is 45.8 Å². The molecule has 1 unspecified atom stereocenters. The molecular formula is C28H22N5O4S-. The second-order valence-electron chi connectivity index (χ2n) is 8.78. The predicted molar refractivity (Wildman–Crippen MR) is 146 cm³/mol. The van der Waals surface area contributed by atoms with Crippen LogP contribution in [0.15, 0.2) is 91.3 Å². The molecule has 10 heteroatoms. The number of pyridine rings is 1. The van der Waals surface area contributed by atoms with Crippen molar-refractivity contribution in [3.63, 3.8) is 0 Å². The lowest BCUT2D eigenvalue weighted by molar-refractivity contribution is 0.0641. The first-order valence-electron chi connectivity index (χ1n) is 11.8. The van der Waals surface area contributed by atoms with E-state index in [0.29, 0.717) is 17.5 Å². The molecule has 5 rings (SSSR count). The van der Waals surface area contributed by atoms with Crippen LogP contribution in [0.5, 0.6) is 0 Å². The van der Waals surface area contributed by atoms with E-state index in [-0.39, 0.29) is 22.4 Å². The SMILES string of the molecule is O=C(c1ccc2cnccc2c1)N([O-])NC(=S)NC(Cc1ccccc1)CN1C(=O)c2ccccc2C1=O. The van der Waals surface area contributed by atoms with Crippen LogP contribution in [0.2, 0.25) is 0 Å². The molecular weight excluding hydrogens is 502 g/mol. The van der Waals surface area contributed by atoms with E-state index in [1.807, 2.05) is 30.3 Å². The Bertz CT molecular complexity index is 1510. The molecule has 0 aliphatic carbocycles. The van der Waals surface area contributed by atoms with Crippen LogP contribution in [0.4, 0.5) is 0 Å². The first-order valence-corrected chi connectivity index (χ1v) is 12.2. The molecule has 2 N–H and O–H groups in total. The number of hydrogen-bond donors (Lipinski definition) is 2. The molecule has 38 heavy (non-hydrogen) atoms. The Morgan fingerprint density at radius 2 is 1.63 bits per heavy atom. The summed E-state index contributed by atoms with van der Waals surface area (Å²) in [5.74, 6) is -1.61. The zero-order valence-electron chi connectivity index (χ0n) is 20.0. The van der Waals surface area contributed by atoms with Gasteiger partial charge in [-0.25, -0.2) is 0 Å². The van der Waals surface area contributed by atoms with Crippen LogP contribution in [-0.2, 0) is 6.42 Å². The number of hydrogen-bond acceptors (Lipinski definition) is 6. The summed E-state index contributed by atoms with van der Waals surface area (Å²) in [6.07, 6.45) is 3.67. The summed E-state index contributed by atoms with van der Waals surface area (Å²) in [4.78, 5) is 43.8. The smallest absolute Gasteiger partial charge is 0.262 e. The van der Waals surface area contributed by atoms with Crippen LogP contribution in [0.1, 0.15) is 36.6 Å². The number of nitrogens with one attached hydrogen (secondary N) is 2. The summed E-state index contributed by atoms with van der Waals surface area (Å²) in [5.41, 5.74) is 4.16. The summed E-state index contributed by atoms with van der Waals surface area (Å²) < 4.78 is 0. The molecule has 2 heterocycles. The summed E-state index contributed by atoms with van der Waals surface area (Å²) >= 11 is 5.33. The number of rotatable bonds is 6. The van der Waals surface area contributed by atoms with E-state index in [1.165, 1.54) is 6.07 Å². The molecule has 0 spiro atoms. The van der Waals surface area contributed by atoms with Crippen molar-refractivity contribution in [2.75, 3.05) is 6.54 Å². The number of amides is 3. The number of imide groups is 1. The average molecular weight is 525 g/mol. The third-order valence-corrected chi connectivity index (χ3v) is 6.43. The number of aromatic nitrogens is 1. The molecule has 4 aromatic rings. The van der Waals surface area contributed by atoms with Crippen LogP contribution in [0.25, 0.3) is 10.8 Å². The van der Waals surface area contributed by atoms with E-state index in [9.17, 15) is 19.6 Å². The minimum Gasteiger partial charge on any atom is -0.736 e. The molecule has 0 bridgehead atoms. The highest BCUT2D eigenvalue weighted by molar-refractivity contribution is 7.80. The zero-order chi connectivity index (χ0) is 26.6. The summed E-state index contributed by atoms with van der Waals surface area (Å²) in [5, 5.41) is 17.2. The second kappa shape index (κ2) is 10.8. The molecule has 0 radical (unpaired) electrons. The van der Waals surface area contributed by atoms with Crippen LogP contribution in [0.3, 0.4) is 0 Å². The molecule has 0 fully saturated rings. The van der Waals surface area contributed by atoms with Gasteiger partial charge in [0.25, 0.3) is 17.7 Å². The van der Waals surface area contributed by atoms with Gasteiger partial charge in [-0.1, -0.05) is 48.5 Å². The molecule has 1 aliphatic rings. The van der Waals surface area contributed by atoms with Gasteiger partial charge in [0.05, 0.1) is 17.2 Å². The van der Waals surface area contributed by atoms with Gasteiger partial charge in [-0.15, -0.1) is 0 Å². The fraction of sp³-hybridized carbons (Fsp3) is 0.107. The average Bonchev–Trinajstić information content (AvgIpc) is 3.17. The molecule has 3 aromatic carbocycles. The van der Waals surface area contributed by atoms with Gasteiger partial charge < -0.3 is 15.7 Å².